The lowest BCUT2D eigenvalue weighted by Crippen LogP contribution is -2.42. The molecule has 72 valence electrons. The molecule has 0 saturated carbocycles. The van der Waals surface area contributed by atoms with E-state index in [0.29, 0.717) is 0 Å². The van der Waals surface area contributed by atoms with E-state index in [1.807, 2.05) is 0 Å². The van der Waals surface area contributed by atoms with Crippen molar-refractivity contribution in [1.29, 1.82) is 0 Å². The summed E-state index contributed by atoms with van der Waals surface area (Å²) in [5.41, 5.74) is 1.37. The van der Waals surface area contributed by atoms with Gasteiger partial charge in [-0.3, -0.25) is 0 Å². The standard InChI is InChI=1S/C12H20Si/c1-5-13(4,6-2)12-9-7-11(3)8-10-12/h7-10H,5-6H2,1-4H3. The monoisotopic (exact) mass is 192 g/mol. The maximum Gasteiger partial charge on any atom is 0.0831 e. The fraction of sp³-hybridized carbons (Fsp3) is 0.500. The van der Waals surface area contributed by atoms with Gasteiger partial charge in [-0.2, -0.15) is 0 Å². The largest absolute Gasteiger partial charge is 0.0831 e. The molecule has 0 nitrogen and oxygen atoms in total. The Bertz CT molecular complexity index is 257. The molecule has 0 unspecified atom stereocenters. The van der Waals surface area contributed by atoms with Gasteiger partial charge in [0.15, 0.2) is 0 Å². The summed E-state index contributed by atoms with van der Waals surface area (Å²) in [6.07, 6.45) is 0. The number of rotatable bonds is 3. The average molecular weight is 192 g/mol. The van der Waals surface area contributed by atoms with Crippen molar-refractivity contribution in [3.8, 4) is 0 Å². The van der Waals surface area contributed by atoms with Crippen molar-refractivity contribution in [2.75, 3.05) is 0 Å². The van der Waals surface area contributed by atoms with Crippen LogP contribution >= 0.6 is 0 Å². The number of aryl methyl sites for hydroxylation is 1. The first-order valence-electron chi connectivity index (χ1n) is 5.19. The molecule has 1 heteroatoms. The third-order valence-electron chi connectivity index (χ3n) is 3.31. The van der Waals surface area contributed by atoms with E-state index in [1.54, 1.807) is 5.19 Å². The van der Waals surface area contributed by atoms with Crippen LogP contribution in [0.1, 0.15) is 19.4 Å². The first-order chi connectivity index (χ1) is 6.12. The third kappa shape index (κ3) is 2.22. The predicted octanol–water partition coefficient (Wildman–Crippen LogP) is 3.32. The van der Waals surface area contributed by atoms with Gasteiger partial charge in [0.2, 0.25) is 0 Å². The van der Waals surface area contributed by atoms with Crippen LogP contribution < -0.4 is 5.19 Å². The SMILES string of the molecule is CC[Si](C)(CC)c1ccc(C)cc1. The van der Waals surface area contributed by atoms with Gasteiger partial charge in [-0.05, 0) is 6.92 Å². The fourth-order valence-corrected chi connectivity index (χ4v) is 3.90. The first kappa shape index (κ1) is 10.5. The van der Waals surface area contributed by atoms with Gasteiger partial charge in [0, 0.05) is 0 Å². The number of hydrogen-bond donors (Lipinski definition) is 0. The summed E-state index contributed by atoms with van der Waals surface area (Å²) in [6.45, 7) is 9.30. The second kappa shape index (κ2) is 4.10. The van der Waals surface area contributed by atoms with Crippen molar-refractivity contribution in [3.63, 3.8) is 0 Å². The van der Waals surface area contributed by atoms with Gasteiger partial charge in [-0.1, -0.05) is 67.5 Å². The Kier molecular flexibility index (Phi) is 3.31. The van der Waals surface area contributed by atoms with Gasteiger partial charge >= 0.3 is 0 Å². The summed E-state index contributed by atoms with van der Waals surface area (Å²) in [5.74, 6) is 0. The summed E-state index contributed by atoms with van der Waals surface area (Å²) in [5, 5.41) is 1.61. The molecule has 0 radical (unpaired) electrons. The van der Waals surface area contributed by atoms with Crippen LogP contribution in [0, 0.1) is 6.92 Å². The van der Waals surface area contributed by atoms with Gasteiger partial charge in [-0.15, -0.1) is 0 Å². The molecule has 0 bridgehead atoms. The topological polar surface area (TPSA) is 0 Å². The highest BCUT2D eigenvalue weighted by atomic mass is 28.3. The summed E-state index contributed by atoms with van der Waals surface area (Å²) in [7, 11) is -1.10. The van der Waals surface area contributed by atoms with Gasteiger partial charge in [0.1, 0.15) is 0 Å². The lowest BCUT2D eigenvalue weighted by molar-refractivity contribution is 1.27. The van der Waals surface area contributed by atoms with Crippen molar-refractivity contribution in [2.45, 2.75) is 39.4 Å². The van der Waals surface area contributed by atoms with Crippen molar-refractivity contribution < 1.29 is 0 Å². The second-order valence-electron chi connectivity index (χ2n) is 4.13. The van der Waals surface area contributed by atoms with E-state index in [9.17, 15) is 0 Å². The average Bonchev–Trinajstić information content (AvgIpc) is 2.18. The summed E-state index contributed by atoms with van der Waals surface area (Å²) >= 11 is 0. The fourth-order valence-electron chi connectivity index (χ4n) is 1.61. The molecule has 0 aliphatic carbocycles. The summed E-state index contributed by atoms with van der Waals surface area (Å²) in [6, 6.07) is 11.8. The molecular weight excluding hydrogens is 172 g/mol. The molecule has 0 fully saturated rings. The van der Waals surface area contributed by atoms with Gasteiger partial charge in [0.05, 0.1) is 8.07 Å². The molecule has 0 aliphatic heterocycles. The molecule has 0 aromatic heterocycles. The zero-order valence-corrected chi connectivity index (χ0v) is 10.2. The quantitative estimate of drug-likeness (QED) is 0.645. The molecular formula is C12H20Si. The summed E-state index contributed by atoms with van der Waals surface area (Å²) < 4.78 is 0. The van der Waals surface area contributed by atoms with Crippen LogP contribution in [0.4, 0.5) is 0 Å². The van der Waals surface area contributed by atoms with Crippen LogP contribution in [-0.2, 0) is 0 Å². The zero-order valence-electron chi connectivity index (χ0n) is 9.22. The second-order valence-corrected chi connectivity index (χ2v) is 9.25. The van der Waals surface area contributed by atoms with E-state index >= 15 is 0 Å². The van der Waals surface area contributed by atoms with E-state index in [-0.39, 0.29) is 0 Å². The van der Waals surface area contributed by atoms with Crippen molar-refractivity contribution in [3.05, 3.63) is 29.8 Å². The predicted molar refractivity (Wildman–Crippen MR) is 63.4 cm³/mol. The van der Waals surface area contributed by atoms with Crippen molar-refractivity contribution in [2.24, 2.45) is 0 Å². The van der Waals surface area contributed by atoms with E-state index in [2.05, 4.69) is 51.6 Å². The number of benzene rings is 1. The molecule has 0 heterocycles. The maximum absolute atomic E-state index is 2.48. The van der Waals surface area contributed by atoms with Gasteiger partial charge in [-0.25, -0.2) is 0 Å². The zero-order chi connectivity index (χ0) is 9.90. The van der Waals surface area contributed by atoms with Crippen LogP contribution in [0.25, 0.3) is 0 Å². The molecule has 13 heavy (non-hydrogen) atoms. The minimum Gasteiger partial charge on any atom is -0.0675 e. The highest BCUT2D eigenvalue weighted by molar-refractivity contribution is 6.90. The minimum absolute atomic E-state index is 1.10. The highest BCUT2D eigenvalue weighted by Crippen LogP contribution is 2.14. The van der Waals surface area contributed by atoms with E-state index in [0.717, 1.165) is 0 Å². The Hall–Kier alpha value is -0.563. The molecule has 1 aromatic rings. The lowest BCUT2D eigenvalue weighted by atomic mass is 10.2. The van der Waals surface area contributed by atoms with Crippen LogP contribution in [0.15, 0.2) is 24.3 Å². The molecule has 0 spiro atoms. The smallest absolute Gasteiger partial charge is 0.0675 e. The molecule has 0 aliphatic rings. The van der Waals surface area contributed by atoms with Crippen LogP contribution in [-0.4, -0.2) is 8.07 Å². The Morgan fingerprint density at radius 3 is 1.85 bits per heavy atom. The molecule has 0 N–H and O–H groups in total. The van der Waals surface area contributed by atoms with E-state index in [1.165, 1.54) is 17.7 Å². The van der Waals surface area contributed by atoms with E-state index < -0.39 is 8.07 Å². The van der Waals surface area contributed by atoms with Crippen molar-refractivity contribution in [1.82, 2.24) is 0 Å². The molecule has 1 rings (SSSR count). The Balaban J connectivity index is 2.99. The molecule has 0 amide bonds. The minimum atomic E-state index is -1.10. The third-order valence-corrected chi connectivity index (χ3v) is 8.16. The first-order valence-corrected chi connectivity index (χ1v) is 8.11. The van der Waals surface area contributed by atoms with Gasteiger partial charge in [0.25, 0.3) is 0 Å². The lowest BCUT2D eigenvalue weighted by Gasteiger charge is -2.24. The van der Waals surface area contributed by atoms with Crippen LogP contribution in [0.5, 0.6) is 0 Å². The Labute approximate surface area is 83.0 Å². The van der Waals surface area contributed by atoms with Crippen molar-refractivity contribution >= 4 is 13.3 Å². The van der Waals surface area contributed by atoms with Gasteiger partial charge < -0.3 is 0 Å². The van der Waals surface area contributed by atoms with Crippen LogP contribution in [0.3, 0.4) is 0 Å². The maximum atomic E-state index is 2.48. The summed E-state index contributed by atoms with van der Waals surface area (Å²) in [4.78, 5) is 0. The normalized spacial score (nSPS) is 11.7. The Morgan fingerprint density at radius 1 is 1.00 bits per heavy atom. The Morgan fingerprint density at radius 2 is 1.46 bits per heavy atom. The number of hydrogen-bond acceptors (Lipinski definition) is 0. The van der Waals surface area contributed by atoms with Crippen LogP contribution in [0.2, 0.25) is 18.6 Å². The van der Waals surface area contributed by atoms with E-state index in [4.69, 9.17) is 0 Å². The molecule has 0 saturated heterocycles. The molecule has 1 aromatic carbocycles. The highest BCUT2D eigenvalue weighted by Gasteiger charge is 2.24. The molecule has 0 atom stereocenters.